The number of carbonyl (C=O) groups excluding carboxylic acids is 2. The highest BCUT2D eigenvalue weighted by Gasteiger charge is 2.44. The molecule has 240 valence electrons. The van der Waals surface area contributed by atoms with Crippen molar-refractivity contribution in [2.45, 2.75) is 83.2 Å². The highest BCUT2D eigenvalue weighted by atomic mass is 19.3. The van der Waals surface area contributed by atoms with Gasteiger partial charge in [-0.15, -0.1) is 0 Å². The summed E-state index contributed by atoms with van der Waals surface area (Å²) in [6.07, 6.45) is 0.622. The van der Waals surface area contributed by atoms with Gasteiger partial charge in [0.25, 0.3) is 0 Å². The van der Waals surface area contributed by atoms with E-state index in [2.05, 4.69) is 4.98 Å². The summed E-state index contributed by atoms with van der Waals surface area (Å²) in [6, 6.07) is 8.41. The number of nitrogens with zero attached hydrogens (tertiary/aromatic N) is 5. The second-order valence-electron chi connectivity index (χ2n) is 14.1. The summed E-state index contributed by atoms with van der Waals surface area (Å²) in [5, 5.41) is 0. The lowest BCUT2D eigenvalue weighted by Gasteiger charge is -2.46. The van der Waals surface area contributed by atoms with E-state index in [1.165, 1.54) is 24.4 Å². The fraction of sp³-hybridized carbons (Fsp3) is 0.606. The zero-order valence-corrected chi connectivity index (χ0v) is 26.5. The third-order valence-electron chi connectivity index (χ3n) is 8.82. The van der Waals surface area contributed by atoms with Crippen molar-refractivity contribution in [1.82, 2.24) is 19.7 Å². The lowest BCUT2D eigenvalue weighted by Crippen LogP contribution is -2.63. The molecule has 2 aromatic rings. The van der Waals surface area contributed by atoms with Crippen LogP contribution in [0.2, 0.25) is 0 Å². The van der Waals surface area contributed by atoms with E-state index in [4.69, 9.17) is 4.74 Å². The van der Waals surface area contributed by atoms with Gasteiger partial charge < -0.3 is 14.5 Å². The Labute approximate surface area is 258 Å². The monoisotopic (exact) mass is 615 g/mol. The van der Waals surface area contributed by atoms with Crippen LogP contribution in [0, 0.1) is 0 Å². The maximum absolute atomic E-state index is 15.5. The summed E-state index contributed by atoms with van der Waals surface area (Å²) in [5.74, 6) is -3.55. The molecule has 11 heteroatoms. The number of halogens is 3. The van der Waals surface area contributed by atoms with Crippen LogP contribution in [0.5, 0.6) is 0 Å². The second-order valence-corrected chi connectivity index (χ2v) is 14.1. The first kappa shape index (κ1) is 32.2. The lowest BCUT2D eigenvalue weighted by molar-refractivity contribution is -0.121. The van der Waals surface area contributed by atoms with Crippen molar-refractivity contribution in [3.63, 3.8) is 0 Å². The Balaban J connectivity index is 1.39. The fourth-order valence-electron chi connectivity index (χ4n) is 6.50. The van der Waals surface area contributed by atoms with Gasteiger partial charge in [-0.2, -0.15) is 8.78 Å². The number of ether oxygens (including phenoxy) is 1. The molecule has 5 rings (SSSR count). The van der Waals surface area contributed by atoms with Crippen molar-refractivity contribution in [3.05, 3.63) is 59.4 Å². The van der Waals surface area contributed by atoms with Gasteiger partial charge in [-0.25, -0.2) is 9.18 Å². The largest absolute Gasteiger partial charge is 0.444 e. The number of anilines is 1. The molecule has 0 N–H and O–H groups in total. The Morgan fingerprint density at radius 3 is 2.43 bits per heavy atom. The van der Waals surface area contributed by atoms with Crippen molar-refractivity contribution in [2.75, 3.05) is 50.7 Å². The van der Waals surface area contributed by atoms with E-state index in [1.807, 2.05) is 51.3 Å². The quantitative estimate of drug-likeness (QED) is 0.445. The fourth-order valence-corrected chi connectivity index (χ4v) is 6.50. The molecule has 0 spiro atoms. The first-order chi connectivity index (χ1) is 20.5. The standard InChI is InChI=1S/C33H44F3N5O3/c1-22-16-39(25(18-38-13-12-24(34)17-38)19-40(22)30(43)44-31(2,3)4)20-29(42)41-21-32(5,6)26-15-37-28(14-27(26)41)33(35,36)23-10-8-7-9-11-23/h7-11,14-15,22,24-25H,12-13,16-21H2,1-6H3/t22-,24-,25+/m1/s1. The molecule has 0 radical (unpaired) electrons. The molecule has 8 nitrogen and oxygen atoms in total. The number of rotatable bonds is 6. The molecular weight excluding hydrogens is 571 g/mol. The van der Waals surface area contributed by atoms with Crippen molar-refractivity contribution in [2.24, 2.45) is 0 Å². The Morgan fingerprint density at radius 2 is 1.80 bits per heavy atom. The van der Waals surface area contributed by atoms with Crippen molar-refractivity contribution < 1.29 is 27.5 Å². The minimum atomic E-state index is -3.33. The number of aromatic nitrogens is 1. The van der Waals surface area contributed by atoms with Gasteiger partial charge in [0.15, 0.2) is 0 Å². The SMILES string of the molecule is C[C@@H]1CN(CC(=O)N2CC(C)(C)c3cnc(C(F)(F)c4ccccc4)cc32)[C@@H](CN2CC[C@@H](F)C2)CN1C(=O)OC(C)(C)C. The van der Waals surface area contributed by atoms with E-state index in [9.17, 15) is 14.0 Å². The number of carbonyl (C=O) groups is 2. The summed E-state index contributed by atoms with van der Waals surface area (Å²) in [4.78, 5) is 38.7. The highest BCUT2D eigenvalue weighted by Crippen LogP contribution is 2.44. The Kier molecular flexibility index (Phi) is 8.76. The van der Waals surface area contributed by atoms with Crippen LogP contribution in [-0.2, 0) is 20.9 Å². The predicted octanol–water partition coefficient (Wildman–Crippen LogP) is 5.20. The summed E-state index contributed by atoms with van der Waals surface area (Å²) >= 11 is 0. The van der Waals surface area contributed by atoms with Crippen molar-refractivity contribution in [1.29, 1.82) is 0 Å². The number of benzene rings is 1. The van der Waals surface area contributed by atoms with Gasteiger partial charge in [-0.1, -0.05) is 44.2 Å². The molecular formula is C33H44F3N5O3. The average molecular weight is 616 g/mol. The van der Waals surface area contributed by atoms with Crippen LogP contribution in [-0.4, -0.2) is 101 Å². The van der Waals surface area contributed by atoms with Gasteiger partial charge in [0.1, 0.15) is 17.5 Å². The number of pyridine rings is 1. The molecule has 0 bridgehead atoms. The molecule has 2 amide bonds. The summed E-state index contributed by atoms with van der Waals surface area (Å²) < 4.78 is 50.8. The maximum atomic E-state index is 15.5. The predicted molar refractivity (Wildman–Crippen MR) is 163 cm³/mol. The van der Waals surface area contributed by atoms with Gasteiger partial charge in [-0.05, 0) is 40.2 Å². The van der Waals surface area contributed by atoms with Gasteiger partial charge in [0.05, 0.1) is 12.2 Å². The van der Waals surface area contributed by atoms with Gasteiger partial charge >= 0.3 is 12.0 Å². The molecule has 0 aliphatic carbocycles. The summed E-state index contributed by atoms with van der Waals surface area (Å²) in [7, 11) is 0. The van der Waals surface area contributed by atoms with E-state index in [0.29, 0.717) is 51.4 Å². The van der Waals surface area contributed by atoms with Crippen LogP contribution in [0.25, 0.3) is 0 Å². The minimum absolute atomic E-state index is 0.0340. The van der Waals surface area contributed by atoms with Crippen LogP contribution in [0.3, 0.4) is 0 Å². The first-order valence-corrected chi connectivity index (χ1v) is 15.4. The Morgan fingerprint density at radius 1 is 1.09 bits per heavy atom. The molecule has 3 atom stereocenters. The topological polar surface area (TPSA) is 69.2 Å². The molecule has 1 aromatic carbocycles. The smallest absolute Gasteiger partial charge is 0.410 e. The lowest BCUT2D eigenvalue weighted by atomic mass is 9.88. The van der Waals surface area contributed by atoms with Crippen LogP contribution in [0.15, 0.2) is 42.6 Å². The molecule has 3 aliphatic heterocycles. The number of hydrogen-bond acceptors (Lipinski definition) is 6. The molecule has 1 aromatic heterocycles. The third kappa shape index (κ3) is 6.73. The normalized spacial score (nSPS) is 24.4. The van der Waals surface area contributed by atoms with Crippen LogP contribution in [0.4, 0.5) is 23.7 Å². The number of piperazine rings is 1. The van der Waals surface area contributed by atoms with Gasteiger partial charge in [-0.3, -0.25) is 19.6 Å². The van der Waals surface area contributed by atoms with E-state index in [1.54, 1.807) is 28.0 Å². The maximum Gasteiger partial charge on any atom is 0.410 e. The van der Waals surface area contributed by atoms with Crippen molar-refractivity contribution in [3.8, 4) is 0 Å². The molecule has 3 aliphatic rings. The summed E-state index contributed by atoms with van der Waals surface area (Å²) in [6.45, 7) is 13.9. The van der Waals surface area contributed by atoms with E-state index < -0.39 is 34.9 Å². The molecule has 0 saturated carbocycles. The Hall–Kier alpha value is -3.18. The number of fused-ring (bicyclic) bond motifs is 1. The van der Waals surface area contributed by atoms with Gasteiger partial charge in [0.2, 0.25) is 5.91 Å². The second kappa shape index (κ2) is 12.0. The molecule has 2 fully saturated rings. The third-order valence-corrected chi connectivity index (χ3v) is 8.82. The molecule has 2 saturated heterocycles. The van der Waals surface area contributed by atoms with Gasteiger partial charge in [0, 0.05) is 74.1 Å². The molecule has 4 heterocycles. The van der Waals surface area contributed by atoms with Crippen LogP contribution in [0.1, 0.15) is 64.8 Å². The van der Waals surface area contributed by atoms with E-state index >= 15 is 8.78 Å². The number of amides is 2. The van der Waals surface area contributed by atoms with E-state index in [-0.39, 0.29) is 30.1 Å². The Bertz CT molecular complexity index is 1370. The number of alkyl halides is 3. The zero-order valence-electron chi connectivity index (χ0n) is 26.5. The number of likely N-dealkylation sites (tertiary alicyclic amines) is 1. The first-order valence-electron chi connectivity index (χ1n) is 15.4. The van der Waals surface area contributed by atoms with Crippen molar-refractivity contribution >= 4 is 17.7 Å². The van der Waals surface area contributed by atoms with Crippen LogP contribution >= 0.6 is 0 Å². The average Bonchev–Trinajstić information content (AvgIpc) is 3.48. The zero-order chi connectivity index (χ0) is 32.0. The molecule has 44 heavy (non-hydrogen) atoms. The molecule has 0 unspecified atom stereocenters. The minimum Gasteiger partial charge on any atom is -0.444 e. The van der Waals surface area contributed by atoms with E-state index in [0.717, 1.165) is 5.56 Å². The highest BCUT2D eigenvalue weighted by molar-refractivity contribution is 5.97. The summed E-state index contributed by atoms with van der Waals surface area (Å²) in [5.41, 5.74) is -0.533. The van der Waals surface area contributed by atoms with Crippen LogP contribution < -0.4 is 4.90 Å². The number of hydrogen-bond donors (Lipinski definition) is 0.